The summed E-state index contributed by atoms with van der Waals surface area (Å²) in [6.45, 7) is 7.01. The van der Waals surface area contributed by atoms with E-state index in [1.807, 2.05) is 44.9 Å². The van der Waals surface area contributed by atoms with Crippen LogP contribution in [-0.2, 0) is 22.7 Å². The van der Waals surface area contributed by atoms with E-state index in [9.17, 15) is 9.59 Å². The van der Waals surface area contributed by atoms with Crippen molar-refractivity contribution < 1.29 is 9.59 Å². The maximum absolute atomic E-state index is 13.2. The highest BCUT2D eigenvalue weighted by atomic mass is 16.2. The van der Waals surface area contributed by atoms with E-state index in [2.05, 4.69) is 25.0 Å². The topological polar surface area (TPSA) is 58.4 Å². The molecule has 0 saturated heterocycles. The Morgan fingerprint density at radius 1 is 0.939 bits per heavy atom. The Balaban J connectivity index is 1.77. The van der Waals surface area contributed by atoms with Gasteiger partial charge in [0.05, 0.1) is 0 Å². The van der Waals surface area contributed by atoms with Crippen LogP contribution in [0.25, 0.3) is 0 Å². The largest absolute Gasteiger partial charge is 0.338 e. The molecule has 0 aliphatic carbocycles. The lowest BCUT2D eigenvalue weighted by atomic mass is 10.1. The SMILES string of the molecule is CC(C)CC(=O)N1CCCCCCCCN(C(=O)CCCn2cccn2)Cc2ccccc21. The number of fused-ring (bicyclic) bond motifs is 1. The normalized spacial score (nSPS) is 16.0. The number of para-hydroxylation sites is 1. The Kier molecular flexibility index (Phi) is 9.98. The zero-order valence-electron chi connectivity index (χ0n) is 20.4. The summed E-state index contributed by atoms with van der Waals surface area (Å²) in [6.07, 6.45) is 12.3. The second-order valence-corrected chi connectivity index (χ2v) is 9.58. The quantitative estimate of drug-likeness (QED) is 0.587. The van der Waals surface area contributed by atoms with Gasteiger partial charge in [-0.1, -0.05) is 57.7 Å². The summed E-state index contributed by atoms with van der Waals surface area (Å²) in [5.74, 6) is 0.693. The summed E-state index contributed by atoms with van der Waals surface area (Å²) < 4.78 is 1.88. The number of carbonyl (C=O) groups excluding carboxylic acids is 2. The number of nitrogens with zero attached hydrogens (tertiary/aromatic N) is 4. The molecule has 0 fully saturated rings. The molecule has 1 aliphatic heterocycles. The molecule has 33 heavy (non-hydrogen) atoms. The molecule has 2 heterocycles. The van der Waals surface area contributed by atoms with E-state index in [0.29, 0.717) is 25.3 Å². The van der Waals surface area contributed by atoms with Gasteiger partial charge in [0.2, 0.25) is 11.8 Å². The minimum Gasteiger partial charge on any atom is -0.338 e. The average molecular weight is 453 g/mol. The average Bonchev–Trinajstić information content (AvgIpc) is 3.30. The van der Waals surface area contributed by atoms with Gasteiger partial charge in [0, 0.05) is 57.1 Å². The van der Waals surface area contributed by atoms with Crippen LogP contribution in [0.1, 0.15) is 77.2 Å². The summed E-state index contributed by atoms with van der Waals surface area (Å²) in [5.41, 5.74) is 2.03. The van der Waals surface area contributed by atoms with Crippen molar-refractivity contribution in [3.8, 4) is 0 Å². The lowest BCUT2D eigenvalue weighted by Crippen LogP contribution is -2.35. The number of carbonyl (C=O) groups is 2. The van der Waals surface area contributed by atoms with Gasteiger partial charge in [-0.25, -0.2) is 0 Å². The number of aromatic nitrogens is 2. The van der Waals surface area contributed by atoms with Crippen LogP contribution in [0.5, 0.6) is 0 Å². The lowest BCUT2D eigenvalue weighted by Gasteiger charge is -2.29. The van der Waals surface area contributed by atoms with E-state index in [1.165, 1.54) is 12.8 Å². The highest BCUT2D eigenvalue weighted by molar-refractivity contribution is 5.94. The van der Waals surface area contributed by atoms with Crippen LogP contribution >= 0.6 is 0 Å². The van der Waals surface area contributed by atoms with Crippen LogP contribution in [0.3, 0.4) is 0 Å². The molecule has 2 aromatic rings. The fraction of sp³-hybridized carbons (Fsp3) is 0.593. The van der Waals surface area contributed by atoms with E-state index in [-0.39, 0.29) is 11.8 Å². The molecule has 0 radical (unpaired) electrons. The van der Waals surface area contributed by atoms with Crippen molar-refractivity contribution in [1.29, 1.82) is 0 Å². The van der Waals surface area contributed by atoms with Crippen molar-refractivity contribution in [3.63, 3.8) is 0 Å². The summed E-state index contributed by atoms with van der Waals surface area (Å²) in [4.78, 5) is 30.3. The van der Waals surface area contributed by atoms with Crippen molar-refractivity contribution >= 4 is 17.5 Å². The third-order valence-electron chi connectivity index (χ3n) is 6.28. The van der Waals surface area contributed by atoms with Crippen LogP contribution in [-0.4, -0.2) is 39.6 Å². The fourth-order valence-electron chi connectivity index (χ4n) is 4.51. The summed E-state index contributed by atoms with van der Waals surface area (Å²) >= 11 is 0. The monoisotopic (exact) mass is 452 g/mol. The molecule has 6 nitrogen and oxygen atoms in total. The van der Waals surface area contributed by atoms with Crippen LogP contribution in [0.4, 0.5) is 5.69 Å². The van der Waals surface area contributed by atoms with E-state index < -0.39 is 0 Å². The Morgan fingerprint density at radius 3 is 2.39 bits per heavy atom. The van der Waals surface area contributed by atoms with Crippen molar-refractivity contribution in [3.05, 3.63) is 48.3 Å². The Bertz CT molecular complexity index is 863. The first-order valence-electron chi connectivity index (χ1n) is 12.7. The molecule has 1 aliphatic rings. The molecular weight excluding hydrogens is 412 g/mol. The van der Waals surface area contributed by atoms with Crippen molar-refractivity contribution in [2.45, 2.75) is 84.7 Å². The number of hydrogen-bond donors (Lipinski definition) is 0. The zero-order chi connectivity index (χ0) is 23.5. The van der Waals surface area contributed by atoms with E-state index in [1.54, 1.807) is 6.20 Å². The van der Waals surface area contributed by atoms with Gasteiger partial charge in [0.25, 0.3) is 0 Å². The summed E-state index contributed by atoms with van der Waals surface area (Å²) in [5, 5.41) is 4.23. The molecule has 0 bridgehead atoms. The standard InChI is InChI=1S/C27H40N4O2/c1-23(2)21-27(33)31-20-10-6-4-3-5-9-17-29(22-24-13-7-8-14-25(24)31)26(32)15-11-18-30-19-12-16-28-30/h7-8,12-14,16,19,23H,3-6,9-11,15,17-18,20-22H2,1-2H3. The van der Waals surface area contributed by atoms with Gasteiger partial charge >= 0.3 is 0 Å². The zero-order valence-corrected chi connectivity index (χ0v) is 20.4. The van der Waals surface area contributed by atoms with Crippen LogP contribution < -0.4 is 4.90 Å². The second-order valence-electron chi connectivity index (χ2n) is 9.58. The first-order chi connectivity index (χ1) is 16.0. The van der Waals surface area contributed by atoms with E-state index >= 15 is 0 Å². The molecule has 180 valence electrons. The number of benzene rings is 1. The molecule has 2 amide bonds. The van der Waals surface area contributed by atoms with Crippen LogP contribution in [0.2, 0.25) is 0 Å². The van der Waals surface area contributed by atoms with Gasteiger partial charge in [-0.2, -0.15) is 5.10 Å². The van der Waals surface area contributed by atoms with Gasteiger partial charge < -0.3 is 9.80 Å². The van der Waals surface area contributed by atoms with Gasteiger partial charge in [-0.3, -0.25) is 14.3 Å². The van der Waals surface area contributed by atoms with Gasteiger partial charge in [0.15, 0.2) is 0 Å². The Morgan fingerprint density at radius 2 is 1.67 bits per heavy atom. The minimum absolute atomic E-state index is 0.185. The maximum atomic E-state index is 13.2. The Hall–Kier alpha value is -2.63. The third-order valence-corrected chi connectivity index (χ3v) is 6.28. The first-order valence-corrected chi connectivity index (χ1v) is 12.7. The van der Waals surface area contributed by atoms with Crippen LogP contribution in [0, 0.1) is 5.92 Å². The molecule has 0 saturated carbocycles. The predicted octanol–water partition coefficient (Wildman–Crippen LogP) is 5.43. The van der Waals surface area contributed by atoms with Crippen molar-refractivity contribution in [2.75, 3.05) is 18.0 Å². The molecule has 3 rings (SSSR count). The molecule has 1 aromatic heterocycles. The predicted molar refractivity (Wildman–Crippen MR) is 133 cm³/mol. The minimum atomic E-state index is 0.185. The molecule has 0 unspecified atom stereocenters. The van der Waals surface area contributed by atoms with Gasteiger partial charge in [-0.05, 0) is 42.9 Å². The molecule has 0 N–H and O–H groups in total. The number of aryl methyl sites for hydroxylation is 1. The summed E-state index contributed by atoms with van der Waals surface area (Å²) in [6, 6.07) is 10.1. The van der Waals surface area contributed by atoms with Crippen molar-refractivity contribution in [2.24, 2.45) is 5.92 Å². The van der Waals surface area contributed by atoms with Crippen molar-refractivity contribution in [1.82, 2.24) is 14.7 Å². The number of hydrogen-bond acceptors (Lipinski definition) is 3. The van der Waals surface area contributed by atoms with Gasteiger partial charge in [0.1, 0.15) is 0 Å². The third kappa shape index (κ3) is 8.02. The number of anilines is 1. The fourth-order valence-corrected chi connectivity index (χ4v) is 4.51. The maximum Gasteiger partial charge on any atom is 0.227 e. The molecule has 0 spiro atoms. The number of amides is 2. The molecule has 6 heteroatoms. The highest BCUT2D eigenvalue weighted by Crippen LogP contribution is 2.26. The van der Waals surface area contributed by atoms with E-state index in [0.717, 1.165) is 63.0 Å². The second kappa shape index (κ2) is 13.2. The summed E-state index contributed by atoms with van der Waals surface area (Å²) in [7, 11) is 0. The Labute approximate surface area is 199 Å². The van der Waals surface area contributed by atoms with E-state index in [4.69, 9.17) is 0 Å². The lowest BCUT2D eigenvalue weighted by molar-refractivity contribution is -0.132. The molecule has 0 atom stereocenters. The number of rotatable bonds is 6. The van der Waals surface area contributed by atoms with Gasteiger partial charge in [-0.15, -0.1) is 0 Å². The highest BCUT2D eigenvalue weighted by Gasteiger charge is 2.22. The van der Waals surface area contributed by atoms with Crippen LogP contribution in [0.15, 0.2) is 42.7 Å². The molecular formula is C27H40N4O2. The molecule has 1 aromatic carbocycles. The first kappa shape index (κ1) is 25.0. The smallest absolute Gasteiger partial charge is 0.227 e.